The van der Waals surface area contributed by atoms with Crippen LogP contribution in [0.15, 0.2) is 48.0 Å². The minimum absolute atomic E-state index is 0.0182. The highest BCUT2D eigenvalue weighted by Gasteiger charge is 2.34. The van der Waals surface area contributed by atoms with Gasteiger partial charge in [-0.3, -0.25) is 19.8 Å². The lowest BCUT2D eigenvalue weighted by Crippen LogP contribution is -2.54. The molecular formula is C20H18N2O5S. The zero-order valence-corrected chi connectivity index (χ0v) is 16.3. The van der Waals surface area contributed by atoms with Crippen molar-refractivity contribution in [2.45, 2.75) is 0 Å². The van der Waals surface area contributed by atoms with Gasteiger partial charge < -0.3 is 14.2 Å². The Morgan fingerprint density at radius 1 is 0.929 bits per heavy atom. The van der Waals surface area contributed by atoms with E-state index in [1.54, 1.807) is 49.6 Å². The summed E-state index contributed by atoms with van der Waals surface area (Å²) in [4.78, 5) is 26.7. The summed E-state index contributed by atoms with van der Waals surface area (Å²) in [5.41, 5.74) is 1.09. The fourth-order valence-corrected chi connectivity index (χ4v) is 3.01. The molecule has 7 nitrogen and oxygen atoms in total. The third kappa shape index (κ3) is 3.67. The van der Waals surface area contributed by atoms with Crippen LogP contribution in [0.3, 0.4) is 0 Å². The van der Waals surface area contributed by atoms with Gasteiger partial charge in [0, 0.05) is 0 Å². The van der Waals surface area contributed by atoms with Gasteiger partial charge in [0.25, 0.3) is 11.8 Å². The van der Waals surface area contributed by atoms with Crippen molar-refractivity contribution in [3.8, 4) is 17.2 Å². The summed E-state index contributed by atoms with van der Waals surface area (Å²) in [6, 6.07) is 11.9. The fourth-order valence-electron chi connectivity index (χ4n) is 2.73. The van der Waals surface area contributed by atoms with Crippen molar-refractivity contribution in [2.24, 2.45) is 0 Å². The number of nitrogens with zero attached hydrogens (tertiary/aromatic N) is 1. The minimum atomic E-state index is -0.561. The average molecular weight is 398 g/mol. The summed E-state index contributed by atoms with van der Waals surface area (Å²) in [6.45, 7) is 0. The molecule has 3 rings (SSSR count). The number of anilines is 1. The predicted octanol–water partition coefficient (Wildman–Crippen LogP) is 2.54. The zero-order chi connectivity index (χ0) is 20.3. The first-order chi connectivity index (χ1) is 13.5. The molecule has 1 heterocycles. The molecule has 0 aromatic heterocycles. The molecule has 1 aliphatic heterocycles. The molecule has 1 fully saturated rings. The summed E-state index contributed by atoms with van der Waals surface area (Å²) >= 11 is 5.19. The number of nitrogens with one attached hydrogen (secondary N) is 1. The first-order valence-corrected chi connectivity index (χ1v) is 8.67. The molecule has 2 aromatic carbocycles. The fraction of sp³-hybridized carbons (Fsp3) is 0.150. The van der Waals surface area contributed by atoms with Crippen LogP contribution in [0.5, 0.6) is 17.2 Å². The lowest BCUT2D eigenvalue weighted by atomic mass is 10.1. The van der Waals surface area contributed by atoms with Crippen LogP contribution in [0.2, 0.25) is 0 Å². The summed E-state index contributed by atoms with van der Waals surface area (Å²) < 4.78 is 15.6. The number of ether oxygens (including phenoxy) is 3. The Hall–Kier alpha value is -3.39. The highest BCUT2D eigenvalue weighted by molar-refractivity contribution is 7.80. The molecule has 8 heteroatoms. The van der Waals surface area contributed by atoms with Crippen LogP contribution in [0.25, 0.3) is 6.08 Å². The van der Waals surface area contributed by atoms with Crippen LogP contribution in [0.1, 0.15) is 5.56 Å². The first-order valence-electron chi connectivity index (χ1n) is 8.26. The van der Waals surface area contributed by atoms with Gasteiger partial charge in [-0.05, 0) is 60.3 Å². The van der Waals surface area contributed by atoms with Gasteiger partial charge in [0.05, 0.1) is 27.0 Å². The van der Waals surface area contributed by atoms with E-state index in [9.17, 15) is 9.59 Å². The Labute approximate surface area is 167 Å². The van der Waals surface area contributed by atoms with Crippen molar-refractivity contribution in [3.63, 3.8) is 0 Å². The largest absolute Gasteiger partial charge is 0.497 e. The van der Waals surface area contributed by atoms with E-state index < -0.39 is 11.8 Å². The average Bonchev–Trinajstić information content (AvgIpc) is 2.71. The van der Waals surface area contributed by atoms with Gasteiger partial charge in [-0.15, -0.1) is 0 Å². The maximum absolute atomic E-state index is 13.0. The van der Waals surface area contributed by atoms with Crippen molar-refractivity contribution in [1.29, 1.82) is 0 Å². The van der Waals surface area contributed by atoms with E-state index in [-0.39, 0.29) is 10.7 Å². The highest BCUT2D eigenvalue weighted by Crippen LogP contribution is 2.29. The molecule has 28 heavy (non-hydrogen) atoms. The highest BCUT2D eigenvalue weighted by atomic mass is 32.1. The van der Waals surface area contributed by atoms with Crippen LogP contribution >= 0.6 is 12.2 Å². The quantitative estimate of drug-likeness (QED) is 0.474. The number of thiocarbonyl (C=S) groups is 1. The molecule has 0 atom stereocenters. The molecule has 0 spiro atoms. The second kappa shape index (κ2) is 8.10. The number of benzene rings is 2. The number of rotatable bonds is 5. The summed E-state index contributed by atoms with van der Waals surface area (Å²) in [6.07, 6.45) is 1.48. The third-order valence-electron chi connectivity index (χ3n) is 4.15. The Morgan fingerprint density at radius 3 is 2.21 bits per heavy atom. The van der Waals surface area contributed by atoms with Crippen molar-refractivity contribution in [2.75, 3.05) is 26.2 Å². The molecular weight excluding hydrogens is 380 g/mol. The number of carbonyl (C=O) groups is 2. The third-order valence-corrected chi connectivity index (χ3v) is 4.44. The van der Waals surface area contributed by atoms with Gasteiger partial charge >= 0.3 is 0 Å². The van der Waals surface area contributed by atoms with Gasteiger partial charge in [-0.1, -0.05) is 6.07 Å². The summed E-state index contributed by atoms with van der Waals surface area (Å²) in [5, 5.41) is 2.57. The Balaban J connectivity index is 1.98. The van der Waals surface area contributed by atoms with Crippen LogP contribution in [0, 0.1) is 0 Å². The molecule has 1 N–H and O–H groups in total. The van der Waals surface area contributed by atoms with Crippen molar-refractivity contribution >= 4 is 40.9 Å². The minimum Gasteiger partial charge on any atom is -0.497 e. The van der Waals surface area contributed by atoms with Gasteiger partial charge in [-0.25, -0.2) is 0 Å². The molecule has 0 aliphatic carbocycles. The van der Waals surface area contributed by atoms with Crippen molar-refractivity contribution in [1.82, 2.24) is 5.32 Å². The molecule has 0 radical (unpaired) electrons. The first kappa shape index (κ1) is 19.4. The van der Waals surface area contributed by atoms with Crippen LogP contribution < -0.4 is 24.4 Å². The second-order valence-electron chi connectivity index (χ2n) is 5.77. The van der Waals surface area contributed by atoms with Crippen LogP contribution in [-0.4, -0.2) is 38.3 Å². The molecule has 0 unspecified atom stereocenters. The Bertz CT molecular complexity index is 969. The van der Waals surface area contributed by atoms with Gasteiger partial charge in [0.15, 0.2) is 16.6 Å². The van der Waals surface area contributed by atoms with E-state index in [0.717, 1.165) is 0 Å². The number of hydrogen-bond donors (Lipinski definition) is 1. The van der Waals surface area contributed by atoms with E-state index in [4.69, 9.17) is 26.4 Å². The Morgan fingerprint density at radius 2 is 1.61 bits per heavy atom. The normalized spacial score (nSPS) is 15.5. The standard InChI is InChI=1S/C20H18N2O5S/c1-25-14-7-5-13(6-8-14)22-19(24)15(18(23)21-20(22)28)10-12-4-9-16(26-2)17(11-12)27-3/h4-11H,1-3H3,(H,21,23,28). The topological polar surface area (TPSA) is 77.1 Å². The monoisotopic (exact) mass is 398 g/mol. The van der Waals surface area contributed by atoms with Crippen LogP contribution in [-0.2, 0) is 9.59 Å². The molecule has 2 amide bonds. The maximum atomic E-state index is 13.0. The van der Waals surface area contributed by atoms with Gasteiger partial charge in [0.2, 0.25) is 0 Å². The predicted molar refractivity (Wildman–Crippen MR) is 109 cm³/mol. The second-order valence-corrected chi connectivity index (χ2v) is 6.16. The van der Waals surface area contributed by atoms with Crippen molar-refractivity contribution < 1.29 is 23.8 Å². The van der Waals surface area contributed by atoms with E-state index in [2.05, 4.69) is 5.32 Å². The van der Waals surface area contributed by atoms with Gasteiger partial charge in [-0.2, -0.15) is 0 Å². The van der Waals surface area contributed by atoms with E-state index in [1.165, 1.54) is 25.2 Å². The smallest absolute Gasteiger partial charge is 0.270 e. The van der Waals surface area contributed by atoms with Gasteiger partial charge in [0.1, 0.15) is 11.3 Å². The molecule has 1 aliphatic rings. The SMILES string of the molecule is COc1ccc(N2C(=O)C(=Cc3ccc(OC)c(OC)c3)C(=O)NC2=S)cc1. The van der Waals surface area contributed by atoms with E-state index in [0.29, 0.717) is 28.5 Å². The van der Waals surface area contributed by atoms with Crippen molar-refractivity contribution in [3.05, 3.63) is 53.6 Å². The number of hydrogen-bond acceptors (Lipinski definition) is 6. The lowest BCUT2D eigenvalue weighted by molar-refractivity contribution is -0.122. The maximum Gasteiger partial charge on any atom is 0.270 e. The number of amides is 2. The van der Waals surface area contributed by atoms with E-state index >= 15 is 0 Å². The molecule has 0 bridgehead atoms. The molecule has 0 saturated carbocycles. The molecule has 144 valence electrons. The summed E-state index contributed by atoms with van der Waals surface area (Å²) in [5.74, 6) is 0.598. The molecule has 1 saturated heterocycles. The number of methoxy groups -OCH3 is 3. The molecule has 2 aromatic rings. The summed E-state index contributed by atoms with van der Waals surface area (Å²) in [7, 11) is 4.59. The van der Waals surface area contributed by atoms with E-state index in [1.807, 2.05) is 0 Å². The number of carbonyl (C=O) groups excluding carboxylic acids is 2. The van der Waals surface area contributed by atoms with Crippen LogP contribution in [0.4, 0.5) is 5.69 Å². The zero-order valence-electron chi connectivity index (χ0n) is 15.5. The Kier molecular flexibility index (Phi) is 5.60. The lowest BCUT2D eigenvalue weighted by Gasteiger charge is -2.29.